The maximum Gasteiger partial charge on any atom is 0.320 e. The number of esters is 2. The molecule has 30 heavy (non-hydrogen) atoms. The van der Waals surface area contributed by atoms with Crippen LogP contribution in [0.25, 0.3) is 0 Å². The van der Waals surface area contributed by atoms with Crippen LogP contribution >= 0.6 is 11.3 Å². The third-order valence-corrected chi connectivity index (χ3v) is 5.03. The van der Waals surface area contributed by atoms with E-state index >= 15 is 0 Å². The topological polar surface area (TPSA) is 78.4 Å². The molecule has 0 fully saturated rings. The summed E-state index contributed by atoms with van der Waals surface area (Å²) in [6.45, 7) is 5.60. The molecular weight excluding hydrogens is 400 g/mol. The van der Waals surface area contributed by atoms with Crippen molar-refractivity contribution in [3.8, 4) is 0 Å². The van der Waals surface area contributed by atoms with E-state index in [-0.39, 0.29) is 19.0 Å². The van der Waals surface area contributed by atoms with Crippen LogP contribution < -0.4 is 0 Å². The fourth-order valence-electron chi connectivity index (χ4n) is 2.79. The van der Waals surface area contributed by atoms with Crippen LogP contribution in [-0.2, 0) is 32.1 Å². The summed E-state index contributed by atoms with van der Waals surface area (Å²) in [7, 11) is 0. The Hall–Kier alpha value is -3.06. The molecule has 1 aromatic heterocycles. The monoisotopic (exact) mass is 424 g/mol. The molecule has 3 aromatic rings. The van der Waals surface area contributed by atoms with Gasteiger partial charge in [-0.1, -0.05) is 72.0 Å². The van der Waals surface area contributed by atoms with Crippen molar-refractivity contribution in [1.29, 1.82) is 0 Å². The van der Waals surface area contributed by atoms with E-state index in [1.165, 1.54) is 11.3 Å². The van der Waals surface area contributed by atoms with Gasteiger partial charge in [-0.25, -0.2) is 0 Å². The lowest BCUT2D eigenvalue weighted by Gasteiger charge is -2.18. The molecule has 156 valence electrons. The molecule has 0 spiro atoms. The van der Waals surface area contributed by atoms with E-state index in [0.717, 1.165) is 11.1 Å². The number of aromatic nitrogens is 2. The summed E-state index contributed by atoms with van der Waals surface area (Å²) in [5, 5.41) is 9.25. The molecule has 1 unspecified atom stereocenters. The zero-order valence-corrected chi connectivity index (χ0v) is 18.0. The van der Waals surface area contributed by atoms with Crippen LogP contribution in [0.2, 0.25) is 0 Å². The van der Waals surface area contributed by atoms with Crippen molar-refractivity contribution in [2.45, 2.75) is 45.3 Å². The smallest absolute Gasteiger partial charge is 0.320 e. The number of carbonyl (C=O) groups is 2. The Morgan fingerprint density at radius 1 is 0.967 bits per heavy atom. The first kappa shape index (κ1) is 21.6. The number of nitrogens with zero attached hydrogens (tertiary/aromatic N) is 2. The molecule has 1 heterocycles. The van der Waals surface area contributed by atoms with Gasteiger partial charge < -0.3 is 9.47 Å². The molecule has 0 N–H and O–H groups in total. The second-order valence-electron chi connectivity index (χ2n) is 7.73. The summed E-state index contributed by atoms with van der Waals surface area (Å²) in [5.41, 5.74) is 1.09. The summed E-state index contributed by atoms with van der Waals surface area (Å²) >= 11 is 1.22. The number of ether oxygens (including phenoxy) is 2. The quantitative estimate of drug-likeness (QED) is 0.526. The van der Waals surface area contributed by atoms with Crippen LogP contribution in [-0.4, -0.2) is 27.7 Å². The van der Waals surface area contributed by atoms with E-state index in [4.69, 9.17) is 9.47 Å². The van der Waals surface area contributed by atoms with Gasteiger partial charge in [-0.05, 0) is 31.9 Å². The first-order chi connectivity index (χ1) is 14.3. The van der Waals surface area contributed by atoms with E-state index in [0.29, 0.717) is 10.0 Å². The molecule has 0 aliphatic carbocycles. The second-order valence-corrected chi connectivity index (χ2v) is 8.83. The van der Waals surface area contributed by atoms with Crippen molar-refractivity contribution >= 4 is 23.3 Å². The number of hydrogen-bond donors (Lipinski definition) is 0. The van der Waals surface area contributed by atoms with Crippen molar-refractivity contribution in [3.63, 3.8) is 0 Å². The molecule has 0 amide bonds. The maximum absolute atomic E-state index is 13.0. The van der Waals surface area contributed by atoms with Crippen LogP contribution in [0.1, 0.15) is 47.8 Å². The SMILES string of the molecule is CC(C)(C)OC(=O)Cc1nnc(C(C(=O)OCc2ccccc2)c2ccccc2)s1. The van der Waals surface area contributed by atoms with E-state index < -0.39 is 17.5 Å². The highest BCUT2D eigenvalue weighted by molar-refractivity contribution is 7.11. The van der Waals surface area contributed by atoms with Gasteiger partial charge in [0.2, 0.25) is 0 Å². The van der Waals surface area contributed by atoms with Crippen LogP contribution in [0.3, 0.4) is 0 Å². The van der Waals surface area contributed by atoms with Gasteiger partial charge >= 0.3 is 11.9 Å². The van der Waals surface area contributed by atoms with Gasteiger partial charge in [-0.15, -0.1) is 10.2 Å². The standard InChI is InChI=1S/C23H24N2O4S/c1-23(2,3)29-19(26)14-18-24-25-21(30-18)20(17-12-8-5-9-13-17)22(27)28-15-16-10-6-4-7-11-16/h4-13,20H,14-15H2,1-3H3. The lowest BCUT2D eigenvalue weighted by Crippen LogP contribution is -2.24. The molecule has 0 bridgehead atoms. The number of rotatable bonds is 7. The summed E-state index contributed by atoms with van der Waals surface area (Å²) in [6, 6.07) is 18.8. The van der Waals surface area contributed by atoms with E-state index in [9.17, 15) is 9.59 Å². The molecule has 0 aliphatic heterocycles. The minimum absolute atomic E-state index is 0.00943. The van der Waals surface area contributed by atoms with Gasteiger partial charge in [0, 0.05) is 0 Å². The molecule has 1 atom stereocenters. The lowest BCUT2D eigenvalue weighted by atomic mass is 10.0. The predicted octanol–water partition coefficient (Wildman–Crippen LogP) is 4.30. The molecule has 0 saturated carbocycles. The summed E-state index contributed by atoms with van der Waals surface area (Å²) in [5.74, 6) is -1.50. The Labute approximate surface area is 179 Å². The highest BCUT2D eigenvalue weighted by Crippen LogP contribution is 2.29. The van der Waals surface area contributed by atoms with Gasteiger partial charge in [0.25, 0.3) is 0 Å². The number of carbonyl (C=O) groups excluding carboxylic acids is 2. The van der Waals surface area contributed by atoms with Gasteiger partial charge in [-0.2, -0.15) is 0 Å². The largest absolute Gasteiger partial charge is 0.460 e. The first-order valence-electron chi connectivity index (χ1n) is 9.61. The zero-order chi connectivity index (χ0) is 21.6. The fraction of sp³-hybridized carbons (Fsp3) is 0.304. The summed E-state index contributed by atoms with van der Waals surface area (Å²) in [4.78, 5) is 25.1. The van der Waals surface area contributed by atoms with Gasteiger partial charge in [0.05, 0.1) is 6.42 Å². The normalized spacial score (nSPS) is 12.2. The molecule has 0 saturated heterocycles. The highest BCUT2D eigenvalue weighted by Gasteiger charge is 2.29. The van der Waals surface area contributed by atoms with E-state index in [1.807, 2.05) is 81.4 Å². The Morgan fingerprint density at radius 2 is 1.60 bits per heavy atom. The maximum atomic E-state index is 13.0. The Kier molecular flexibility index (Phi) is 6.95. The molecule has 7 heteroatoms. The highest BCUT2D eigenvalue weighted by atomic mass is 32.1. The minimum Gasteiger partial charge on any atom is -0.460 e. The molecule has 2 aromatic carbocycles. The zero-order valence-electron chi connectivity index (χ0n) is 17.2. The van der Waals surface area contributed by atoms with Crippen molar-refractivity contribution in [2.75, 3.05) is 0 Å². The van der Waals surface area contributed by atoms with E-state index in [1.54, 1.807) is 0 Å². The minimum atomic E-state index is -0.709. The molecule has 0 aliphatic rings. The summed E-state index contributed by atoms with van der Waals surface area (Å²) < 4.78 is 10.9. The molecule has 0 radical (unpaired) electrons. The van der Waals surface area contributed by atoms with E-state index in [2.05, 4.69) is 10.2 Å². The Bertz CT molecular complexity index is 981. The average molecular weight is 425 g/mol. The number of hydrogen-bond acceptors (Lipinski definition) is 7. The van der Waals surface area contributed by atoms with Crippen LogP contribution in [0.15, 0.2) is 60.7 Å². The molecular formula is C23H24N2O4S. The van der Waals surface area contributed by atoms with Gasteiger partial charge in [0.1, 0.15) is 28.1 Å². The molecule has 6 nitrogen and oxygen atoms in total. The Morgan fingerprint density at radius 3 is 2.23 bits per heavy atom. The van der Waals surface area contributed by atoms with Crippen molar-refractivity contribution in [2.24, 2.45) is 0 Å². The Balaban J connectivity index is 1.77. The van der Waals surface area contributed by atoms with Crippen LogP contribution in [0, 0.1) is 0 Å². The van der Waals surface area contributed by atoms with Gasteiger partial charge in [-0.3, -0.25) is 9.59 Å². The first-order valence-corrected chi connectivity index (χ1v) is 10.4. The third-order valence-electron chi connectivity index (χ3n) is 4.04. The van der Waals surface area contributed by atoms with Crippen molar-refractivity contribution < 1.29 is 19.1 Å². The predicted molar refractivity (Wildman–Crippen MR) is 114 cm³/mol. The second kappa shape index (κ2) is 9.63. The number of benzene rings is 2. The lowest BCUT2D eigenvalue weighted by molar-refractivity contribution is -0.154. The summed E-state index contributed by atoms with van der Waals surface area (Å²) in [6.07, 6.45) is 0.00943. The molecule has 3 rings (SSSR count). The van der Waals surface area contributed by atoms with Crippen molar-refractivity contribution in [1.82, 2.24) is 10.2 Å². The fourth-order valence-corrected chi connectivity index (χ4v) is 3.74. The van der Waals surface area contributed by atoms with Crippen LogP contribution in [0.4, 0.5) is 0 Å². The van der Waals surface area contributed by atoms with Crippen LogP contribution in [0.5, 0.6) is 0 Å². The van der Waals surface area contributed by atoms with Crippen molar-refractivity contribution in [3.05, 3.63) is 81.8 Å². The van der Waals surface area contributed by atoms with Gasteiger partial charge in [0.15, 0.2) is 0 Å². The average Bonchev–Trinajstić information content (AvgIpc) is 3.14. The third kappa shape index (κ3) is 6.22.